The molecule has 2 heteroatoms. The van der Waals surface area contributed by atoms with E-state index in [1.807, 2.05) is 18.8 Å². The van der Waals surface area contributed by atoms with Crippen molar-refractivity contribution >= 4 is 17.3 Å². The van der Waals surface area contributed by atoms with Crippen LogP contribution >= 0.6 is 11.8 Å². The van der Waals surface area contributed by atoms with E-state index in [-0.39, 0.29) is 0 Å². The van der Waals surface area contributed by atoms with Gasteiger partial charge in [0.1, 0.15) is 0 Å². The highest BCUT2D eigenvalue weighted by Crippen LogP contribution is 2.39. The van der Waals surface area contributed by atoms with Crippen LogP contribution in [0.1, 0.15) is 23.1 Å². The summed E-state index contributed by atoms with van der Waals surface area (Å²) in [7, 11) is 2.00. The van der Waals surface area contributed by atoms with Gasteiger partial charge in [-0.05, 0) is 48.3 Å². The number of benzene rings is 2. The van der Waals surface area contributed by atoms with Crippen molar-refractivity contribution in [2.45, 2.75) is 17.1 Å². The van der Waals surface area contributed by atoms with Gasteiger partial charge in [0.25, 0.3) is 0 Å². The van der Waals surface area contributed by atoms with Crippen molar-refractivity contribution in [3.63, 3.8) is 0 Å². The predicted molar refractivity (Wildman–Crippen MR) is 88.1 cm³/mol. The van der Waals surface area contributed by atoms with Gasteiger partial charge in [-0.3, -0.25) is 0 Å². The molecule has 1 aliphatic heterocycles. The Bertz CT molecular complexity index is 581. The highest BCUT2D eigenvalue weighted by molar-refractivity contribution is 7.98. The number of hydrogen-bond acceptors (Lipinski definition) is 2. The van der Waals surface area contributed by atoms with Gasteiger partial charge in [0, 0.05) is 10.6 Å². The van der Waals surface area contributed by atoms with E-state index in [1.165, 1.54) is 27.2 Å². The van der Waals surface area contributed by atoms with E-state index >= 15 is 0 Å². The zero-order chi connectivity index (χ0) is 13.8. The SMILES string of the molecule is CNCC/C=C1/c2ccccc2CSc2ccccc21. The topological polar surface area (TPSA) is 12.0 Å². The van der Waals surface area contributed by atoms with E-state index in [9.17, 15) is 0 Å². The quantitative estimate of drug-likeness (QED) is 0.840. The maximum absolute atomic E-state index is 3.22. The zero-order valence-electron chi connectivity index (χ0n) is 11.7. The van der Waals surface area contributed by atoms with E-state index in [0.717, 1.165) is 18.7 Å². The minimum atomic E-state index is 1.01. The second-order valence-electron chi connectivity index (χ2n) is 4.95. The second kappa shape index (κ2) is 6.29. The molecule has 0 saturated carbocycles. The first-order valence-electron chi connectivity index (χ1n) is 7.05. The Morgan fingerprint density at radius 1 is 1.05 bits per heavy atom. The summed E-state index contributed by atoms with van der Waals surface area (Å²) in [6.07, 6.45) is 3.43. The van der Waals surface area contributed by atoms with E-state index in [2.05, 4.69) is 59.9 Å². The lowest BCUT2D eigenvalue weighted by molar-refractivity contribution is 0.808. The molecule has 0 radical (unpaired) electrons. The molecule has 0 atom stereocenters. The molecule has 0 amide bonds. The van der Waals surface area contributed by atoms with Crippen LogP contribution in [-0.2, 0) is 5.75 Å². The first-order chi connectivity index (χ1) is 9.90. The minimum Gasteiger partial charge on any atom is -0.319 e. The van der Waals surface area contributed by atoms with Crippen molar-refractivity contribution in [1.82, 2.24) is 5.32 Å². The molecule has 0 saturated heterocycles. The lowest BCUT2D eigenvalue weighted by Gasteiger charge is -2.11. The van der Waals surface area contributed by atoms with Gasteiger partial charge in [0.2, 0.25) is 0 Å². The molecule has 1 aliphatic rings. The van der Waals surface area contributed by atoms with Gasteiger partial charge in [0.15, 0.2) is 0 Å². The second-order valence-corrected chi connectivity index (χ2v) is 5.97. The van der Waals surface area contributed by atoms with E-state index in [0.29, 0.717) is 0 Å². The third kappa shape index (κ3) is 2.67. The molecule has 2 aromatic carbocycles. The summed E-state index contributed by atoms with van der Waals surface area (Å²) in [5.41, 5.74) is 5.58. The predicted octanol–water partition coefficient (Wildman–Crippen LogP) is 4.33. The molecule has 3 rings (SSSR count). The highest BCUT2D eigenvalue weighted by Gasteiger charge is 2.17. The van der Waals surface area contributed by atoms with Crippen LogP contribution in [0.15, 0.2) is 59.5 Å². The van der Waals surface area contributed by atoms with Crippen molar-refractivity contribution < 1.29 is 0 Å². The zero-order valence-corrected chi connectivity index (χ0v) is 12.5. The van der Waals surface area contributed by atoms with Crippen LogP contribution < -0.4 is 5.32 Å². The van der Waals surface area contributed by atoms with Crippen molar-refractivity contribution in [3.8, 4) is 0 Å². The summed E-state index contributed by atoms with van der Waals surface area (Å²) in [5, 5.41) is 3.22. The molecular formula is C18H19NS. The van der Waals surface area contributed by atoms with Gasteiger partial charge in [0.05, 0.1) is 0 Å². The van der Waals surface area contributed by atoms with Gasteiger partial charge in [-0.1, -0.05) is 48.5 Å². The van der Waals surface area contributed by atoms with Crippen molar-refractivity contribution in [1.29, 1.82) is 0 Å². The van der Waals surface area contributed by atoms with Crippen molar-refractivity contribution in [2.24, 2.45) is 0 Å². The van der Waals surface area contributed by atoms with Crippen molar-refractivity contribution in [3.05, 3.63) is 71.3 Å². The molecule has 0 unspecified atom stereocenters. The lowest BCUT2D eigenvalue weighted by Crippen LogP contribution is -2.06. The Balaban J connectivity index is 2.11. The van der Waals surface area contributed by atoms with Gasteiger partial charge in [-0.2, -0.15) is 0 Å². The average molecular weight is 281 g/mol. The Kier molecular flexibility index (Phi) is 4.24. The summed E-state index contributed by atoms with van der Waals surface area (Å²) in [4.78, 5) is 1.39. The monoisotopic (exact) mass is 281 g/mol. The molecule has 102 valence electrons. The normalized spacial score (nSPS) is 15.6. The molecule has 20 heavy (non-hydrogen) atoms. The molecule has 2 aromatic rings. The standard InChI is InChI=1S/C18H19NS/c1-19-12-6-10-16-15-8-3-2-7-14(15)13-20-18-11-5-4-9-17(16)18/h2-5,7-11,19H,6,12-13H2,1H3/b16-10-. The first kappa shape index (κ1) is 13.5. The van der Waals surface area contributed by atoms with Crippen LogP contribution in [0.4, 0.5) is 0 Å². The van der Waals surface area contributed by atoms with Gasteiger partial charge in [-0.25, -0.2) is 0 Å². The maximum atomic E-state index is 3.22. The molecule has 0 bridgehead atoms. The van der Waals surface area contributed by atoms with Crippen LogP contribution in [0.25, 0.3) is 5.57 Å². The molecule has 1 N–H and O–H groups in total. The lowest BCUT2D eigenvalue weighted by atomic mass is 9.93. The van der Waals surface area contributed by atoms with E-state index in [1.54, 1.807) is 0 Å². The molecule has 0 spiro atoms. The molecule has 0 aliphatic carbocycles. The smallest absolute Gasteiger partial charge is 0.0238 e. The number of thioether (sulfide) groups is 1. The molecule has 0 fully saturated rings. The summed E-state index contributed by atoms with van der Waals surface area (Å²) < 4.78 is 0. The van der Waals surface area contributed by atoms with Crippen LogP contribution in [0.3, 0.4) is 0 Å². The molecule has 0 aromatic heterocycles. The van der Waals surface area contributed by atoms with Gasteiger partial charge < -0.3 is 5.32 Å². The Morgan fingerprint density at radius 3 is 2.65 bits per heavy atom. The van der Waals surface area contributed by atoms with Crippen LogP contribution in [0.5, 0.6) is 0 Å². The molecule has 1 heterocycles. The number of nitrogens with one attached hydrogen (secondary N) is 1. The fourth-order valence-electron chi connectivity index (χ4n) is 2.61. The van der Waals surface area contributed by atoms with Crippen LogP contribution in [-0.4, -0.2) is 13.6 Å². The minimum absolute atomic E-state index is 1.01. The summed E-state index contributed by atoms with van der Waals surface area (Å²) >= 11 is 1.94. The molecular weight excluding hydrogens is 262 g/mol. The largest absolute Gasteiger partial charge is 0.319 e. The number of hydrogen-bond donors (Lipinski definition) is 1. The fourth-order valence-corrected chi connectivity index (χ4v) is 3.68. The Morgan fingerprint density at radius 2 is 1.80 bits per heavy atom. The van der Waals surface area contributed by atoms with Crippen LogP contribution in [0, 0.1) is 0 Å². The van der Waals surface area contributed by atoms with Crippen molar-refractivity contribution in [2.75, 3.05) is 13.6 Å². The average Bonchev–Trinajstić information content (AvgIpc) is 2.66. The Hall–Kier alpha value is -1.51. The van der Waals surface area contributed by atoms with E-state index < -0.39 is 0 Å². The third-order valence-corrected chi connectivity index (χ3v) is 4.73. The highest BCUT2D eigenvalue weighted by atomic mass is 32.2. The third-order valence-electron chi connectivity index (χ3n) is 3.61. The number of fused-ring (bicyclic) bond motifs is 2. The van der Waals surface area contributed by atoms with Gasteiger partial charge in [-0.15, -0.1) is 11.8 Å². The fraction of sp³-hybridized carbons (Fsp3) is 0.222. The summed E-state index contributed by atoms with van der Waals surface area (Å²) in [6.45, 7) is 1.01. The van der Waals surface area contributed by atoms with Gasteiger partial charge >= 0.3 is 0 Å². The first-order valence-corrected chi connectivity index (χ1v) is 8.04. The molecule has 1 nitrogen and oxygen atoms in total. The summed E-state index contributed by atoms with van der Waals surface area (Å²) in [6, 6.07) is 17.5. The van der Waals surface area contributed by atoms with E-state index in [4.69, 9.17) is 0 Å². The maximum Gasteiger partial charge on any atom is 0.0238 e. The number of rotatable bonds is 3. The van der Waals surface area contributed by atoms with Crippen LogP contribution in [0.2, 0.25) is 0 Å². The Labute approximate surface area is 125 Å². The summed E-state index contributed by atoms with van der Waals surface area (Å²) in [5.74, 6) is 1.05.